The minimum atomic E-state index is -0.405. The van der Waals surface area contributed by atoms with Crippen LogP contribution in [0, 0.1) is 17.8 Å². The Labute approximate surface area is 154 Å². The molecule has 0 heterocycles. The van der Waals surface area contributed by atoms with Crippen LogP contribution in [0.4, 0.5) is 5.69 Å². The lowest BCUT2D eigenvalue weighted by molar-refractivity contribution is -0.116. The Morgan fingerprint density at radius 1 is 1.08 bits per heavy atom. The summed E-state index contributed by atoms with van der Waals surface area (Å²) in [6, 6.07) is 7.01. The zero-order chi connectivity index (χ0) is 18.1. The van der Waals surface area contributed by atoms with E-state index in [-0.39, 0.29) is 11.4 Å². The molecule has 0 atom stereocenters. The number of hydrogen-bond donors (Lipinski definition) is 2. The molecular weight excluding hydrogens is 328 g/mol. The van der Waals surface area contributed by atoms with Crippen LogP contribution >= 0.6 is 0 Å². The van der Waals surface area contributed by atoms with Crippen LogP contribution in [0.2, 0.25) is 0 Å². The maximum Gasteiger partial charge on any atom is 0.340 e. The van der Waals surface area contributed by atoms with E-state index in [0.29, 0.717) is 24.4 Å². The molecule has 0 aromatic heterocycles. The highest BCUT2D eigenvalue weighted by Gasteiger charge is 2.50. The van der Waals surface area contributed by atoms with Crippen LogP contribution in [-0.2, 0) is 9.53 Å². The summed E-state index contributed by atoms with van der Waals surface area (Å²) in [4.78, 5) is 24.6. The average Bonchev–Trinajstić information content (AvgIpc) is 2.60. The summed E-state index contributed by atoms with van der Waals surface area (Å²) in [5, 5.41) is 6.47. The second-order valence-corrected chi connectivity index (χ2v) is 8.37. The van der Waals surface area contributed by atoms with Crippen LogP contribution in [0.5, 0.6) is 0 Å². The summed E-state index contributed by atoms with van der Waals surface area (Å²) >= 11 is 0. The Kier molecular flexibility index (Phi) is 4.74. The normalized spacial score (nSPS) is 31.7. The molecule has 4 aliphatic carbocycles. The molecule has 0 saturated heterocycles. The third kappa shape index (κ3) is 3.50. The number of hydrogen-bond acceptors (Lipinski definition) is 4. The first-order valence-corrected chi connectivity index (χ1v) is 9.88. The van der Waals surface area contributed by atoms with Crippen LogP contribution in [0.3, 0.4) is 0 Å². The van der Waals surface area contributed by atoms with Gasteiger partial charge in [0.15, 0.2) is 0 Å². The molecule has 5 nitrogen and oxygen atoms in total. The van der Waals surface area contributed by atoms with Crippen molar-refractivity contribution in [3.05, 3.63) is 29.8 Å². The van der Waals surface area contributed by atoms with Gasteiger partial charge in [0.25, 0.3) is 0 Å². The number of carbonyl (C=O) groups is 2. The molecule has 4 fully saturated rings. The summed E-state index contributed by atoms with van der Waals surface area (Å²) in [7, 11) is 0. The van der Waals surface area contributed by atoms with Crippen LogP contribution in [0.15, 0.2) is 24.3 Å². The Bertz CT molecular complexity index is 665. The minimum absolute atomic E-state index is 0.0995. The molecule has 4 bridgehead atoms. The van der Waals surface area contributed by atoms with E-state index in [1.807, 2.05) is 6.07 Å². The number of anilines is 1. The molecular formula is C21H28N2O3. The number of carbonyl (C=O) groups excluding carboxylic acids is 2. The first-order valence-electron chi connectivity index (χ1n) is 9.88. The van der Waals surface area contributed by atoms with Crippen molar-refractivity contribution in [1.82, 2.24) is 5.32 Å². The van der Waals surface area contributed by atoms with Gasteiger partial charge in [0.2, 0.25) is 5.91 Å². The van der Waals surface area contributed by atoms with Crippen molar-refractivity contribution in [3.63, 3.8) is 0 Å². The maximum atomic E-state index is 12.5. The highest BCUT2D eigenvalue weighted by atomic mass is 16.5. The Morgan fingerprint density at radius 2 is 1.69 bits per heavy atom. The molecule has 1 amide bonds. The SMILES string of the molecule is CCOC(=O)c1ccccc1NC(=O)CNC12CC3CC(CC(C3)C1)C2. The molecule has 5 heteroatoms. The molecule has 140 valence electrons. The lowest BCUT2D eigenvalue weighted by Crippen LogP contribution is -2.59. The van der Waals surface area contributed by atoms with Gasteiger partial charge in [0.05, 0.1) is 24.4 Å². The van der Waals surface area contributed by atoms with Gasteiger partial charge in [-0.15, -0.1) is 0 Å². The average molecular weight is 356 g/mol. The fourth-order valence-electron chi connectivity index (χ4n) is 5.77. The van der Waals surface area contributed by atoms with E-state index in [9.17, 15) is 9.59 Å². The molecule has 0 radical (unpaired) electrons. The van der Waals surface area contributed by atoms with E-state index in [0.717, 1.165) is 17.8 Å². The van der Waals surface area contributed by atoms with Crippen molar-refractivity contribution in [2.75, 3.05) is 18.5 Å². The van der Waals surface area contributed by atoms with Gasteiger partial charge in [-0.1, -0.05) is 12.1 Å². The molecule has 0 spiro atoms. The Hall–Kier alpha value is -1.88. The quantitative estimate of drug-likeness (QED) is 0.767. The predicted octanol–water partition coefficient (Wildman–Crippen LogP) is 3.36. The molecule has 26 heavy (non-hydrogen) atoms. The van der Waals surface area contributed by atoms with E-state index in [4.69, 9.17) is 4.74 Å². The van der Waals surface area contributed by atoms with Crippen LogP contribution in [0.25, 0.3) is 0 Å². The fourth-order valence-corrected chi connectivity index (χ4v) is 5.77. The van der Waals surface area contributed by atoms with E-state index < -0.39 is 5.97 Å². The number of esters is 1. The smallest absolute Gasteiger partial charge is 0.340 e. The fraction of sp³-hybridized carbons (Fsp3) is 0.619. The highest BCUT2D eigenvalue weighted by molar-refractivity contribution is 6.01. The topological polar surface area (TPSA) is 67.4 Å². The van der Waals surface area contributed by atoms with Crippen molar-refractivity contribution in [2.24, 2.45) is 17.8 Å². The van der Waals surface area contributed by atoms with E-state index in [2.05, 4.69) is 10.6 Å². The second kappa shape index (κ2) is 7.03. The van der Waals surface area contributed by atoms with E-state index >= 15 is 0 Å². The van der Waals surface area contributed by atoms with Gasteiger partial charge in [0, 0.05) is 5.54 Å². The number of nitrogens with one attached hydrogen (secondary N) is 2. The maximum absolute atomic E-state index is 12.5. The zero-order valence-corrected chi connectivity index (χ0v) is 15.4. The molecule has 1 aromatic rings. The second-order valence-electron chi connectivity index (χ2n) is 8.37. The van der Waals surface area contributed by atoms with Gasteiger partial charge < -0.3 is 15.4 Å². The molecule has 0 aliphatic heterocycles. The van der Waals surface area contributed by atoms with Crippen molar-refractivity contribution >= 4 is 17.6 Å². The summed E-state index contributed by atoms with van der Waals surface area (Å²) in [6.45, 7) is 2.38. The standard InChI is InChI=1S/C21H28N2O3/c1-2-26-20(25)17-5-3-4-6-18(17)23-19(24)13-22-21-10-14-7-15(11-21)9-16(8-14)12-21/h3-6,14-16,22H,2,7-13H2,1H3,(H,23,24). The van der Waals surface area contributed by atoms with E-state index in [1.165, 1.54) is 38.5 Å². The lowest BCUT2D eigenvalue weighted by atomic mass is 9.53. The molecule has 5 rings (SSSR count). The van der Waals surface area contributed by atoms with Crippen LogP contribution in [0.1, 0.15) is 55.8 Å². The van der Waals surface area contributed by atoms with Crippen molar-refractivity contribution in [1.29, 1.82) is 0 Å². The van der Waals surface area contributed by atoms with Gasteiger partial charge >= 0.3 is 5.97 Å². The third-order valence-electron chi connectivity index (χ3n) is 6.36. The third-order valence-corrected chi connectivity index (χ3v) is 6.36. The van der Waals surface area contributed by atoms with Crippen molar-refractivity contribution in [2.45, 2.75) is 51.0 Å². The summed E-state index contributed by atoms with van der Waals surface area (Å²) in [6.07, 6.45) is 7.81. The molecule has 4 aliphatic rings. The number of rotatable bonds is 6. The van der Waals surface area contributed by atoms with E-state index in [1.54, 1.807) is 25.1 Å². The highest BCUT2D eigenvalue weighted by Crippen LogP contribution is 2.55. The zero-order valence-electron chi connectivity index (χ0n) is 15.4. The summed E-state index contributed by atoms with van der Waals surface area (Å²) < 4.78 is 5.07. The summed E-state index contributed by atoms with van der Waals surface area (Å²) in [5.41, 5.74) is 1.08. The van der Waals surface area contributed by atoms with Crippen LogP contribution < -0.4 is 10.6 Å². The predicted molar refractivity (Wildman–Crippen MR) is 99.9 cm³/mol. The van der Waals surface area contributed by atoms with Gasteiger partial charge in [-0.05, 0) is 75.3 Å². The molecule has 0 unspecified atom stereocenters. The van der Waals surface area contributed by atoms with Crippen molar-refractivity contribution in [3.8, 4) is 0 Å². The summed E-state index contributed by atoms with van der Waals surface area (Å²) in [5.74, 6) is 2.04. The van der Waals surface area contributed by atoms with Crippen molar-refractivity contribution < 1.29 is 14.3 Å². The first-order chi connectivity index (χ1) is 12.6. The lowest BCUT2D eigenvalue weighted by Gasteiger charge is -2.57. The first kappa shape index (κ1) is 17.5. The largest absolute Gasteiger partial charge is 0.462 e. The minimum Gasteiger partial charge on any atom is -0.462 e. The molecule has 4 saturated carbocycles. The molecule has 1 aromatic carbocycles. The van der Waals surface area contributed by atoms with Gasteiger partial charge in [0.1, 0.15) is 0 Å². The van der Waals surface area contributed by atoms with Gasteiger partial charge in [-0.25, -0.2) is 4.79 Å². The monoisotopic (exact) mass is 356 g/mol. The van der Waals surface area contributed by atoms with Gasteiger partial charge in [-0.3, -0.25) is 4.79 Å². The number of para-hydroxylation sites is 1. The number of benzene rings is 1. The molecule has 2 N–H and O–H groups in total. The number of amides is 1. The van der Waals surface area contributed by atoms with Gasteiger partial charge in [-0.2, -0.15) is 0 Å². The Balaban J connectivity index is 1.37. The van der Waals surface area contributed by atoms with Crippen LogP contribution in [-0.4, -0.2) is 30.6 Å². The number of ether oxygens (including phenoxy) is 1. The Morgan fingerprint density at radius 3 is 2.31 bits per heavy atom.